The van der Waals surface area contributed by atoms with Gasteiger partial charge in [-0.1, -0.05) is 30.3 Å². The zero-order valence-electron chi connectivity index (χ0n) is 10.3. The molecular weight excluding hydrogens is 224 g/mol. The monoisotopic (exact) mass is 240 g/mol. The molecule has 2 aromatic rings. The van der Waals surface area contributed by atoms with E-state index >= 15 is 0 Å². The van der Waals surface area contributed by atoms with Crippen molar-refractivity contribution in [3.8, 4) is 6.07 Å². The summed E-state index contributed by atoms with van der Waals surface area (Å²) in [4.78, 5) is 0. The molecule has 2 unspecified atom stereocenters. The fourth-order valence-electron chi connectivity index (χ4n) is 1.82. The van der Waals surface area contributed by atoms with E-state index in [-0.39, 0.29) is 12.0 Å². The summed E-state index contributed by atoms with van der Waals surface area (Å²) in [6.45, 7) is 2.54. The van der Waals surface area contributed by atoms with E-state index in [0.717, 1.165) is 11.3 Å². The number of hydrogen-bond acceptors (Lipinski definition) is 3. The van der Waals surface area contributed by atoms with Gasteiger partial charge < -0.3 is 9.73 Å². The fraction of sp³-hybridized carbons (Fsp3) is 0.267. The Morgan fingerprint density at radius 3 is 2.61 bits per heavy atom. The second-order valence-electron chi connectivity index (χ2n) is 4.30. The van der Waals surface area contributed by atoms with Crippen LogP contribution in [0.4, 0.5) is 0 Å². The van der Waals surface area contributed by atoms with Gasteiger partial charge in [-0.05, 0) is 24.6 Å². The maximum Gasteiger partial charge on any atom is 0.125 e. The smallest absolute Gasteiger partial charge is 0.125 e. The van der Waals surface area contributed by atoms with Crippen molar-refractivity contribution in [2.45, 2.75) is 13.0 Å². The van der Waals surface area contributed by atoms with Gasteiger partial charge in [0.25, 0.3) is 0 Å². The average Bonchev–Trinajstić information content (AvgIpc) is 2.94. The normalized spacial score (nSPS) is 13.8. The van der Waals surface area contributed by atoms with Crippen LogP contribution in [0.3, 0.4) is 0 Å². The van der Waals surface area contributed by atoms with Crippen LogP contribution in [0.1, 0.15) is 24.3 Å². The molecule has 1 heterocycles. The molecule has 1 aromatic heterocycles. The maximum absolute atomic E-state index is 8.84. The van der Waals surface area contributed by atoms with Crippen LogP contribution in [0.2, 0.25) is 0 Å². The lowest BCUT2D eigenvalue weighted by Gasteiger charge is -2.17. The van der Waals surface area contributed by atoms with E-state index in [1.165, 1.54) is 0 Å². The van der Waals surface area contributed by atoms with Gasteiger partial charge in [0.2, 0.25) is 0 Å². The topological polar surface area (TPSA) is 49.0 Å². The molecule has 1 N–H and O–H groups in total. The zero-order valence-corrected chi connectivity index (χ0v) is 10.3. The third-order valence-electron chi connectivity index (χ3n) is 2.81. The molecule has 0 aliphatic rings. The molecule has 0 spiro atoms. The molecule has 0 amide bonds. The van der Waals surface area contributed by atoms with Gasteiger partial charge in [0.05, 0.1) is 24.3 Å². The summed E-state index contributed by atoms with van der Waals surface area (Å²) in [5.74, 6) is 0.845. The summed E-state index contributed by atoms with van der Waals surface area (Å²) in [7, 11) is 0. The van der Waals surface area contributed by atoms with Crippen LogP contribution in [-0.4, -0.2) is 6.54 Å². The molecule has 18 heavy (non-hydrogen) atoms. The maximum atomic E-state index is 8.84. The number of nitrogens with zero attached hydrogens (tertiary/aromatic N) is 1. The van der Waals surface area contributed by atoms with E-state index in [9.17, 15) is 0 Å². The van der Waals surface area contributed by atoms with Crippen LogP contribution in [-0.2, 0) is 0 Å². The number of nitriles is 1. The van der Waals surface area contributed by atoms with Crippen molar-refractivity contribution >= 4 is 0 Å². The van der Waals surface area contributed by atoms with E-state index in [1.807, 2.05) is 37.3 Å². The lowest BCUT2D eigenvalue weighted by molar-refractivity contribution is 0.436. The van der Waals surface area contributed by atoms with Crippen molar-refractivity contribution < 1.29 is 4.42 Å². The number of rotatable bonds is 5. The first-order chi connectivity index (χ1) is 8.81. The molecule has 0 saturated heterocycles. The SMILES string of the molecule is CC(C#N)CNC(c1ccccc1)c1ccco1. The number of benzene rings is 1. The Morgan fingerprint density at radius 1 is 1.22 bits per heavy atom. The first-order valence-corrected chi connectivity index (χ1v) is 6.02. The molecule has 0 aliphatic heterocycles. The standard InChI is InChI=1S/C15H16N2O/c1-12(10-16)11-17-15(14-8-5-9-18-14)13-6-3-2-4-7-13/h2-9,12,15,17H,11H2,1H3. The summed E-state index contributed by atoms with van der Waals surface area (Å²) < 4.78 is 5.47. The quantitative estimate of drug-likeness (QED) is 0.873. The van der Waals surface area contributed by atoms with Gasteiger partial charge in [0.1, 0.15) is 5.76 Å². The summed E-state index contributed by atoms with van der Waals surface area (Å²) in [6, 6.07) is 16.1. The van der Waals surface area contributed by atoms with Crippen LogP contribution in [0.15, 0.2) is 53.1 Å². The highest BCUT2D eigenvalue weighted by atomic mass is 16.3. The molecule has 1 aromatic carbocycles. The Kier molecular flexibility index (Phi) is 4.16. The van der Waals surface area contributed by atoms with Crippen molar-refractivity contribution in [3.63, 3.8) is 0 Å². The summed E-state index contributed by atoms with van der Waals surface area (Å²) in [6.07, 6.45) is 1.67. The van der Waals surface area contributed by atoms with Gasteiger partial charge in [-0.25, -0.2) is 0 Å². The summed E-state index contributed by atoms with van der Waals surface area (Å²) >= 11 is 0. The Morgan fingerprint density at radius 2 is 2.00 bits per heavy atom. The highest BCUT2D eigenvalue weighted by molar-refractivity contribution is 5.26. The molecule has 0 bridgehead atoms. The van der Waals surface area contributed by atoms with Gasteiger partial charge in [-0.3, -0.25) is 0 Å². The summed E-state index contributed by atoms with van der Waals surface area (Å²) in [5, 5.41) is 12.2. The van der Waals surface area contributed by atoms with Crippen molar-refractivity contribution in [2.24, 2.45) is 5.92 Å². The molecule has 3 heteroatoms. The highest BCUT2D eigenvalue weighted by Gasteiger charge is 2.16. The molecule has 2 atom stereocenters. The second kappa shape index (κ2) is 6.04. The Labute approximate surface area is 107 Å². The predicted molar refractivity (Wildman–Crippen MR) is 69.8 cm³/mol. The Balaban J connectivity index is 2.17. The minimum Gasteiger partial charge on any atom is -0.467 e. The van der Waals surface area contributed by atoms with Gasteiger partial charge in [0.15, 0.2) is 0 Å². The molecular formula is C15H16N2O. The third-order valence-corrected chi connectivity index (χ3v) is 2.81. The minimum atomic E-state index is -0.0221. The largest absolute Gasteiger partial charge is 0.467 e. The first-order valence-electron chi connectivity index (χ1n) is 6.02. The summed E-state index contributed by atoms with van der Waals surface area (Å²) in [5.41, 5.74) is 1.14. The number of furan rings is 1. The molecule has 0 radical (unpaired) electrons. The predicted octanol–water partition coefficient (Wildman–Crippen LogP) is 3.12. The van der Waals surface area contributed by atoms with E-state index in [1.54, 1.807) is 6.26 Å². The minimum absolute atomic E-state index is 0.00278. The van der Waals surface area contributed by atoms with Crippen molar-refractivity contribution in [3.05, 3.63) is 60.1 Å². The Bertz CT molecular complexity index is 499. The van der Waals surface area contributed by atoms with Crippen molar-refractivity contribution in [2.75, 3.05) is 6.54 Å². The number of hydrogen-bond donors (Lipinski definition) is 1. The van der Waals surface area contributed by atoms with E-state index in [2.05, 4.69) is 23.5 Å². The number of nitrogens with one attached hydrogen (secondary N) is 1. The van der Waals surface area contributed by atoms with E-state index in [4.69, 9.17) is 9.68 Å². The van der Waals surface area contributed by atoms with Crippen molar-refractivity contribution in [1.82, 2.24) is 5.32 Å². The van der Waals surface area contributed by atoms with Crippen LogP contribution in [0.5, 0.6) is 0 Å². The van der Waals surface area contributed by atoms with Gasteiger partial charge in [-0.15, -0.1) is 0 Å². The van der Waals surface area contributed by atoms with Gasteiger partial charge >= 0.3 is 0 Å². The Hall–Kier alpha value is -2.05. The van der Waals surface area contributed by atoms with Crippen LogP contribution in [0, 0.1) is 17.2 Å². The molecule has 92 valence electrons. The molecule has 0 saturated carbocycles. The first kappa shape index (κ1) is 12.4. The molecule has 2 rings (SSSR count). The van der Waals surface area contributed by atoms with Crippen molar-refractivity contribution in [1.29, 1.82) is 5.26 Å². The molecule has 0 fully saturated rings. The zero-order chi connectivity index (χ0) is 12.8. The molecule has 0 aliphatic carbocycles. The van der Waals surface area contributed by atoms with E-state index in [0.29, 0.717) is 6.54 Å². The van der Waals surface area contributed by atoms with Gasteiger partial charge in [0, 0.05) is 6.54 Å². The van der Waals surface area contributed by atoms with E-state index < -0.39 is 0 Å². The lowest BCUT2D eigenvalue weighted by Crippen LogP contribution is -2.26. The van der Waals surface area contributed by atoms with Gasteiger partial charge in [-0.2, -0.15) is 5.26 Å². The fourth-order valence-corrected chi connectivity index (χ4v) is 1.82. The lowest BCUT2D eigenvalue weighted by atomic mass is 10.0. The van der Waals surface area contributed by atoms with Crippen LogP contribution < -0.4 is 5.32 Å². The highest BCUT2D eigenvalue weighted by Crippen LogP contribution is 2.22. The van der Waals surface area contributed by atoms with Crippen LogP contribution >= 0.6 is 0 Å². The second-order valence-corrected chi connectivity index (χ2v) is 4.30. The molecule has 3 nitrogen and oxygen atoms in total. The third kappa shape index (κ3) is 2.99. The average molecular weight is 240 g/mol. The van der Waals surface area contributed by atoms with Crippen LogP contribution in [0.25, 0.3) is 0 Å².